The summed E-state index contributed by atoms with van der Waals surface area (Å²) in [6, 6.07) is 6.99. The quantitative estimate of drug-likeness (QED) is 0.537. The lowest BCUT2D eigenvalue weighted by Crippen LogP contribution is -2.35. The Morgan fingerprint density at radius 3 is 2.76 bits per heavy atom. The number of hydrogen-bond acceptors (Lipinski definition) is 5. The van der Waals surface area contributed by atoms with Crippen LogP contribution in [0.4, 0.5) is 16.4 Å². The second-order valence-electron chi connectivity index (χ2n) is 5.96. The number of H-pyrrole nitrogens is 1. The molecule has 0 saturated carbocycles. The maximum Gasteiger partial charge on any atom is 0.337 e. The van der Waals surface area contributed by atoms with Gasteiger partial charge in [0.2, 0.25) is 5.95 Å². The van der Waals surface area contributed by atoms with E-state index < -0.39 is 6.03 Å². The molecule has 7 nitrogen and oxygen atoms in total. The average Bonchev–Trinajstić information content (AvgIpc) is 3.00. The number of nitrogens with zero attached hydrogens (tertiary/aromatic N) is 1. The first-order chi connectivity index (χ1) is 12.0. The van der Waals surface area contributed by atoms with Crippen molar-refractivity contribution in [3.8, 4) is 0 Å². The predicted molar refractivity (Wildman–Crippen MR) is 101 cm³/mol. The van der Waals surface area contributed by atoms with Gasteiger partial charge in [-0.25, -0.2) is 15.2 Å². The maximum absolute atomic E-state index is 12.3. The third kappa shape index (κ3) is 3.63. The molecule has 3 aromatic rings. The summed E-state index contributed by atoms with van der Waals surface area (Å²) in [5.74, 6) is 0.433. The van der Waals surface area contributed by atoms with Crippen molar-refractivity contribution >= 4 is 39.2 Å². The molecule has 2 amide bonds. The van der Waals surface area contributed by atoms with Crippen molar-refractivity contribution in [2.24, 2.45) is 0 Å². The lowest BCUT2D eigenvalue weighted by molar-refractivity contribution is 0.253. The third-order valence-electron chi connectivity index (χ3n) is 3.78. The summed E-state index contributed by atoms with van der Waals surface area (Å²) in [6.07, 6.45) is 0. The van der Waals surface area contributed by atoms with E-state index in [4.69, 9.17) is 0 Å². The molecule has 0 radical (unpaired) electrons. The fourth-order valence-corrected chi connectivity index (χ4v) is 3.54. The highest BCUT2D eigenvalue weighted by atomic mass is 32.1. The first-order valence-corrected chi connectivity index (χ1v) is 8.73. The number of rotatable bonds is 4. The van der Waals surface area contributed by atoms with Gasteiger partial charge < -0.3 is 5.32 Å². The zero-order valence-electron chi connectivity index (χ0n) is 14.1. The molecule has 130 valence electrons. The van der Waals surface area contributed by atoms with Gasteiger partial charge in [0.05, 0.1) is 5.39 Å². The smallest absolute Gasteiger partial charge is 0.306 e. The van der Waals surface area contributed by atoms with Crippen molar-refractivity contribution in [3.05, 3.63) is 51.1 Å². The van der Waals surface area contributed by atoms with Crippen LogP contribution >= 0.6 is 11.3 Å². The number of nitrogens with one attached hydrogen (secondary N) is 4. The van der Waals surface area contributed by atoms with Gasteiger partial charge in [-0.1, -0.05) is 32.0 Å². The second kappa shape index (κ2) is 6.94. The summed E-state index contributed by atoms with van der Waals surface area (Å²) in [7, 11) is 0. The van der Waals surface area contributed by atoms with Crippen molar-refractivity contribution in [3.63, 3.8) is 0 Å². The van der Waals surface area contributed by atoms with E-state index in [-0.39, 0.29) is 17.4 Å². The Morgan fingerprint density at radius 2 is 2.04 bits per heavy atom. The number of hydrogen-bond donors (Lipinski definition) is 4. The highest BCUT2D eigenvalue weighted by Gasteiger charge is 2.14. The van der Waals surface area contributed by atoms with Crippen molar-refractivity contribution in [2.75, 3.05) is 10.7 Å². The van der Waals surface area contributed by atoms with Gasteiger partial charge >= 0.3 is 6.03 Å². The molecule has 0 atom stereocenters. The Bertz CT molecular complexity index is 977. The Kier molecular flexibility index (Phi) is 4.71. The fourth-order valence-electron chi connectivity index (χ4n) is 2.44. The van der Waals surface area contributed by atoms with Gasteiger partial charge in [0.1, 0.15) is 4.83 Å². The van der Waals surface area contributed by atoms with Crippen LogP contribution in [0, 0.1) is 6.92 Å². The number of aromatic nitrogens is 2. The van der Waals surface area contributed by atoms with E-state index in [1.165, 1.54) is 11.3 Å². The van der Waals surface area contributed by atoms with Gasteiger partial charge in [-0.2, -0.15) is 0 Å². The van der Waals surface area contributed by atoms with Crippen LogP contribution in [-0.4, -0.2) is 16.0 Å². The molecule has 3 rings (SSSR count). The molecule has 2 aromatic heterocycles. The van der Waals surface area contributed by atoms with Crippen LogP contribution < -0.4 is 21.7 Å². The molecule has 0 spiro atoms. The molecule has 0 aliphatic heterocycles. The molecule has 25 heavy (non-hydrogen) atoms. The molecule has 0 unspecified atom stereocenters. The first-order valence-electron chi connectivity index (χ1n) is 7.85. The lowest BCUT2D eigenvalue weighted by Gasteiger charge is -2.11. The minimum absolute atomic E-state index is 0.189. The SMILES string of the molecule is Cc1ccccc1NC(=O)NNc1nc2scc(C(C)C)c2c(=O)[nH]1. The lowest BCUT2D eigenvalue weighted by atomic mass is 10.0. The van der Waals surface area contributed by atoms with Crippen LogP contribution in [0.3, 0.4) is 0 Å². The summed E-state index contributed by atoms with van der Waals surface area (Å²) >= 11 is 1.41. The van der Waals surface area contributed by atoms with E-state index in [0.29, 0.717) is 15.9 Å². The van der Waals surface area contributed by atoms with E-state index in [9.17, 15) is 9.59 Å². The molecule has 0 aliphatic rings. The molecule has 1 aromatic carbocycles. The summed E-state index contributed by atoms with van der Waals surface area (Å²) in [4.78, 5) is 31.9. The highest BCUT2D eigenvalue weighted by molar-refractivity contribution is 7.16. The largest absolute Gasteiger partial charge is 0.337 e. The van der Waals surface area contributed by atoms with Crippen LogP contribution in [-0.2, 0) is 0 Å². The minimum Gasteiger partial charge on any atom is -0.306 e. The number of amides is 2. The second-order valence-corrected chi connectivity index (χ2v) is 6.82. The Labute approximate surface area is 148 Å². The summed E-state index contributed by atoms with van der Waals surface area (Å²) in [5.41, 5.74) is 7.51. The molecular weight excluding hydrogens is 338 g/mol. The molecule has 4 N–H and O–H groups in total. The molecule has 8 heteroatoms. The zero-order valence-corrected chi connectivity index (χ0v) is 15.0. The number of benzene rings is 1. The van der Waals surface area contributed by atoms with Crippen LogP contribution in [0.5, 0.6) is 0 Å². The highest BCUT2D eigenvalue weighted by Crippen LogP contribution is 2.27. The van der Waals surface area contributed by atoms with E-state index in [2.05, 4.69) is 26.1 Å². The number of carbonyl (C=O) groups is 1. The van der Waals surface area contributed by atoms with Gasteiger partial charge in [-0.15, -0.1) is 11.3 Å². The van der Waals surface area contributed by atoms with Gasteiger partial charge in [0.25, 0.3) is 5.56 Å². The molecule has 0 aliphatic carbocycles. The number of carbonyl (C=O) groups excluding carboxylic acids is 1. The van der Waals surface area contributed by atoms with Crippen molar-refractivity contribution in [2.45, 2.75) is 26.7 Å². The van der Waals surface area contributed by atoms with Gasteiger partial charge in [-0.3, -0.25) is 15.2 Å². The number of anilines is 2. The number of fused-ring (bicyclic) bond motifs is 1. The van der Waals surface area contributed by atoms with Crippen molar-refractivity contribution in [1.82, 2.24) is 15.4 Å². The Morgan fingerprint density at radius 1 is 1.28 bits per heavy atom. The molecule has 2 heterocycles. The van der Waals surface area contributed by atoms with Gasteiger partial charge in [0, 0.05) is 5.69 Å². The van der Waals surface area contributed by atoms with Crippen LogP contribution in [0.15, 0.2) is 34.4 Å². The standard InChI is InChI=1S/C17H19N5O2S/c1-9(2)11-8-25-15-13(11)14(23)19-16(20-15)21-22-17(24)18-12-7-5-4-6-10(12)3/h4-9H,1-3H3,(H2,18,22,24)(H2,19,20,21,23). The fraction of sp³-hybridized carbons (Fsp3) is 0.235. The average molecular weight is 357 g/mol. The van der Waals surface area contributed by atoms with Crippen LogP contribution in [0.1, 0.15) is 30.9 Å². The molecule has 0 bridgehead atoms. The number of hydrazine groups is 1. The van der Waals surface area contributed by atoms with Crippen LogP contribution in [0.25, 0.3) is 10.2 Å². The van der Waals surface area contributed by atoms with E-state index >= 15 is 0 Å². The number of thiophene rings is 1. The van der Waals surface area contributed by atoms with Gasteiger partial charge in [0.15, 0.2) is 0 Å². The zero-order chi connectivity index (χ0) is 18.0. The maximum atomic E-state index is 12.3. The number of urea groups is 1. The summed E-state index contributed by atoms with van der Waals surface area (Å²) in [6.45, 7) is 5.97. The number of aromatic amines is 1. The third-order valence-corrected chi connectivity index (χ3v) is 4.67. The number of aryl methyl sites for hydroxylation is 1. The molecular formula is C17H19N5O2S. The topological polar surface area (TPSA) is 98.9 Å². The Balaban J connectivity index is 1.72. The predicted octanol–water partition coefficient (Wildman–Crippen LogP) is 3.57. The summed E-state index contributed by atoms with van der Waals surface area (Å²) < 4.78 is 0. The van der Waals surface area contributed by atoms with Crippen LogP contribution in [0.2, 0.25) is 0 Å². The number of para-hydroxylation sites is 1. The summed E-state index contributed by atoms with van der Waals surface area (Å²) in [5, 5.41) is 5.27. The van der Waals surface area contributed by atoms with E-state index in [1.54, 1.807) is 6.07 Å². The van der Waals surface area contributed by atoms with Gasteiger partial charge in [-0.05, 0) is 35.4 Å². The Hall–Kier alpha value is -2.87. The van der Waals surface area contributed by atoms with Crippen molar-refractivity contribution in [1.29, 1.82) is 0 Å². The minimum atomic E-state index is -0.453. The van der Waals surface area contributed by atoms with E-state index in [0.717, 1.165) is 11.1 Å². The normalized spacial score (nSPS) is 10.9. The first kappa shape index (κ1) is 17.0. The monoisotopic (exact) mass is 357 g/mol. The molecule has 0 fully saturated rings. The van der Waals surface area contributed by atoms with E-state index in [1.807, 2.05) is 44.4 Å². The molecule has 0 saturated heterocycles. The van der Waals surface area contributed by atoms with Crippen molar-refractivity contribution < 1.29 is 4.79 Å².